The van der Waals surface area contributed by atoms with Crippen molar-refractivity contribution in [1.29, 1.82) is 0 Å². The minimum Gasteiger partial charge on any atom is -0.478 e. The van der Waals surface area contributed by atoms with Crippen LogP contribution in [0, 0.1) is 0 Å². The maximum Gasteiger partial charge on any atom is 0.337 e. The molecule has 0 aliphatic rings. The number of thioether (sulfide) groups is 1. The van der Waals surface area contributed by atoms with Gasteiger partial charge in [0.25, 0.3) is 0 Å². The van der Waals surface area contributed by atoms with Crippen molar-refractivity contribution in [2.75, 3.05) is 5.75 Å². The molecule has 0 amide bonds. The van der Waals surface area contributed by atoms with Crippen molar-refractivity contribution in [3.63, 3.8) is 0 Å². The molecule has 0 bridgehead atoms. The van der Waals surface area contributed by atoms with Crippen LogP contribution in [0.15, 0.2) is 35.7 Å². The Kier molecular flexibility index (Phi) is 4.04. The van der Waals surface area contributed by atoms with Crippen molar-refractivity contribution in [3.05, 3.63) is 41.4 Å². The second kappa shape index (κ2) is 5.08. The van der Waals surface area contributed by atoms with E-state index in [1.54, 1.807) is 18.2 Å². The van der Waals surface area contributed by atoms with E-state index in [1.165, 1.54) is 17.8 Å². The highest BCUT2D eigenvalue weighted by Gasteiger charge is 2.11. The molecule has 0 fully saturated rings. The molecule has 0 saturated carbocycles. The predicted molar refractivity (Wildman–Crippen MR) is 59.3 cm³/mol. The van der Waals surface area contributed by atoms with Crippen LogP contribution in [0.2, 0.25) is 5.02 Å². The molecule has 1 rings (SSSR count). The Morgan fingerprint density at radius 3 is 2.93 bits per heavy atom. The topological polar surface area (TPSA) is 37.3 Å². The van der Waals surface area contributed by atoms with Gasteiger partial charge in [0.15, 0.2) is 0 Å². The van der Waals surface area contributed by atoms with E-state index in [4.69, 9.17) is 16.7 Å². The van der Waals surface area contributed by atoms with Crippen LogP contribution in [-0.2, 0) is 0 Å². The van der Waals surface area contributed by atoms with Crippen LogP contribution in [0.1, 0.15) is 10.4 Å². The summed E-state index contributed by atoms with van der Waals surface area (Å²) in [5.41, 5.74) is 0.140. The Morgan fingerprint density at radius 1 is 1.64 bits per heavy atom. The van der Waals surface area contributed by atoms with E-state index in [0.717, 1.165) is 4.90 Å². The summed E-state index contributed by atoms with van der Waals surface area (Å²) in [6, 6.07) is 4.96. The van der Waals surface area contributed by atoms with E-state index < -0.39 is 5.97 Å². The molecule has 0 saturated heterocycles. The zero-order chi connectivity index (χ0) is 10.6. The zero-order valence-electron chi connectivity index (χ0n) is 7.37. The molecule has 0 aliphatic carbocycles. The van der Waals surface area contributed by atoms with Crippen molar-refractivity contribution in [1.82, 2.24) is 0 Å². The minimum atomic E-state index is -1.00. The van der Waals surface area contributed by atoms with E-state index in [-0.39, 0.29) is 5.56 Å². The molecule has 1 N–H and O–H groups in total. The number of hydrogen-bond donors (Lipinski definition) is 1. The van der Waals surface area contributed by atoms with E-state index >= 15 is 0 Å². The lowest BCUT2D eigenvalue weighted by Gasteiger charge is -2.04. The molecule has 1 aromatic rings. The zero-order valence-corrected chi connectivity index (χ0v) is 8.94. The second-order valence-electron chi connectivity index (χ2n) is 2.52. The lowest BCUT2D eigenvalue weighted by atomic mass is 10.2. The maximum absolute atomic E-state index is 10.7. The molecule has 0 radical (unpaired) electrons. The first-order valence-electron chi connectivity index (χ1n) is 3.92. The summed E-state index contributed by atoms with van der Waals surface area (Å²) in [6.45, 7) is 3.58. The van der Waals surface area contributed by atoms with Crippen molar-refractivity contribution in [2.24, 2.45) is 0 Å². The van der Waals surface area contributed by atoms with Crippen LogP contribution in [-0.4, -0.2) is 16.8 Å². The Bertz CT molecular complexity index is 363. The molecule has 1 aromatic carbocycles. The number of carbonyl (C=O) groups is 1. The first-order chi connectivity index (χ1) is 6.66. The van der Waals surface area contributed by atoms with E-state index in [9.17, 15) is 4.79 Å². The third kappa shape index (κ3) is 2.53. The molecular formula is C10H9ClO2S. The number of hydrogen-bond acceptors (Lipinski definition) is 2. The van der Waals surface area contributed by atoms with Gasteiger partial charge >= 0.3 is 5.97 Å². The number of rotatable bonds is 4. The SMILES string of the molecule is C=CCSc1cccc(C(=O)O)c1Cl. The first-order valence-corrected chi connectivity index (χ1v) is 5.28. The van der Waals surface area contributed by atoms with Crippen LogP contribution in [0.3, 0.4) is 0 Å². The number of aromatic carboxylic acids is 1. The van der Waals surface area contributed by atoms with Gasteiger partial charge in [0.2, 0.25) is 0 Å². The van der Waals surface area contributed by atoms with E-state index in [1.807, 2.05) is 0 Å². The van der Waals surface area contributed by atoms with Gasteiger partial charge in [-0.25, -0.2) is 4.79 Å². The molecule has 0 spiro atoms. The monoisotopic (exact) mass is 228 g/mol. The number of carboxylic acids is 1. The molecule has 74 valence electrons. The van der Waals surface area contributed by atoms with Gasteiger partial charge in [-0.05, 0) is 12.1 Å². The van der Waals surface area contributed by atoms with Gasteiger partial charge in [-0.2, -0.15) is 0 Å². The average molecular weight is 229 g/mol. The molecule has 0 atom stereocenters. The fourth-order valence-electron chi connectivity index (χ4n) is 0.936. The highest BCUT2D eigenvalue weighted by molar-refractivity contribution is 7.99. The molecule has 2 nitrogen and oxygen atoms in total. The van der Waals surface area contributed by atoms with Crippen molar-refractivity contribution >= 4 is 29.3 Å². The highest BCUT2D eigenvalue weighted by Crippen LogP contribution is 2.29. The summed E-state index contributed by atoms with van der Waals surface area (Å²) in [7, 11) is 0. The van der Waals surface area contributed by atoms with Crippen molar-refractivity contribution in [2.45, 2.75) is 4.90 Å². The molecule has 0 aromatic heterocycles. The normalized spacial score (nSPS) is 9.79. The molecule has 14 heavy (non-hydrogen) atoms. The summed E-state index contributed by atoms with van der Waals surface area (Å²) in [5.74, 6) is -0.293. The van der Waals surface area contributed by atoms with Gasteiger partial charge < -0.3 is 5.11 Å². The maximum atomic E-state index is 10.7. The summed E-state index contributed by atoms with van der Waals surface area (Å²) >= 11 is 7.37. The predicted octanol–water partition coefficient (Wildman–Crippen LogP) is 3.32. The Balaban J connectivity index is 3.01. The van der Waals surface area contributed by atoms with E-state index in [0.29, 0.717) is 10.8 Å². The van der Waals surface area contributed by atoms with Crippen LogP contribution in [0.5, 0.6) is 0 Å². The summed E-state index contributed by atoms with van der Waals surface area (Å²) in [6.07, 6.45) is 1.74. The van der Waals surface area contributed by atoms with Gasteiger partial charge in [0.05, 0.1) is 10.6 Å². The number of carboxylic acid groups (broad SMARTS) is 1. The third-order valence-electron chi connectivity index (χ3n) is 1.55. The van der Waals surface area contributed by atoms with Gasteiger partial charge in [0, 0.05) is 10.6 Å². The summed E-state index contributed by atoms with van der Waals surface area (Å²) < 4.78 is 0. The largest absolute Gasteiger partial charge is 0.478 e. The quantitative estimate of drug-likeness (QED) is 0.635. The van der Waals surface area contributed by atoms with Crippen LogP contribution in [0.4, 0.5) is 0 Å². The fourth-order valence-corrected chi connectivity index (χ4v) is 2.02. The number of benzene rings is 1. The standard InChI is InChI=1S/C10H9ClO2S/c1-2-6-14-8-5-3-4-7(9(8)11)10(12)13/h2-5H,1,6H2,(H,12,13). The summed E-state index contributed by atoms with van der Waals surface area (Å²) in [5, 5.41) is 9.10. The molecule has 0 heterocycles. The highest BCUT2D eigenvalue weighted by atomic mass is 35.5. The summed E-state index contributed by atoms with van der Waals surface area (Å²) in [4.78, 5) is 11.5. The lowest BCUT2D eigenvalue weighted by Crippen LogP contribution is -1.97. The molecular weight excluding hydrogens is 220 g/mol. The van der Waals surface area contributed by atoms with Crippen LogP contribution < -0.4 is 0 Å². The second-order valence-corrected chi connectivity index (χ2v) is 3.96. The van der Waals surface area contributed by atoms with Crippen LogP contribution >= 0.6 is 23.4 Å². The van der Waals surface area contributed by atoms with Crippen LogP contribution in [0.25, 0.3) is 0 Å². The Labute approximate surface area is 91.6 Å². The van der Waals surface area contributed by atoms with Crippen molar-refractivity contribution < 1.29 is 9.90 Å². The molecule has 4 heteroatoms. The lowest BCUT2D eigenvalue weighted by molar-refractivity contribution is 0.0697. The van der Waals surface area contributed by atoms with E-state index in [2.05, 4.69) is 6.58 Å². The smallest absolute Gasteiger partial charge is 0.337 e. The molecule has 0 aliphatic heterocycles. The first kappa shape index (κ1) is 11.1. The Morgan fingerprint density at radius 2 is 2.36 bits per heavy atom. The van der Waals surface area contributed by atoms with Gasteiger partial charge in [-0.3, -0.25) is 0 Å². The van der Waals surface area contributed by atoms with Gasteiger partial charge in [-0.15, -0.1) is 18.3 Å². The third-order valence-corrected chi connectivity index (χ3v) is 3.12. The minimum absolute atomic E-state index is 0.140. The Hall–Kier alpha value is -0.930. The number of halogens is 1. The average Bonchev–Trinajstić information content (AvgIpc) is 2.16. The molecule has 0 unspecified atom stereocenters. The van der Waals surface area contributed by atoms with Gasteiger partial charge in [0.1, 0.15) is 0 Å². The fraction of sp³-hybridized carbons (Fsp3) is 0.100. The van der Waals surface area contributed by atoms with Gasteiger partial charge in [-0.1, -0.05) is 23.7 Å². The van der Waals surface area contributed by atoms with Crippen molar-refractivity contribution in [3.8, 4) is 0 Å².